The maximum Gasteiger partial charge on any atom is 0.263 e. The molecule has 3 heterocycles. The third-order valence-electron chi connectivity index (χ3n) is 8.45. The van der Waals surface area contributed by atoms with Crippen LogP contribution in [0.25, 0.3) is 11.1 Å². The van der Waals surface area contributed by atoms with Crippen molar-refractivity contribution < 1.29 is 18.7 Å². The molecule has 1 aliphatic heterocycles. The zero-order valence-corrected chi connectivity index (χ0v) is 24.0. The van der Waals surface area contributed by atoms with Gasteiger partial charge < -0.3 is 24.8 Å². The summed E-state index contributed by atoms with van der Waals surface area (Å²) < 4.78 is 20.4. The largest absolute Gasteiger partial charge is 0.497 e. The number of nitrogens with zero attached hydrogens (tertiary/aromatic N) is 3. The van der Waals surface area contributed by atoms with E-state index in [1.165, 1.54) is 35.8 Å². The third-order valence-corrected chi connectivity index (χ3v) is 8.45. The van der Waals surface area contributed by atoms with Crippen molar-refractivity contribution in [3.05, 3.63) is 75.3 Å². The summed E-state index contributed by atoms with van der Waals surface area (Å²) >= 11 is 0. The van der Waals surface area contributed by atoms with Crippen molar-refractivity contribution in [3.63, 3.8) is 0 Å². The van der Waals surface area contributed by atoms with Gasteiger partial charge in [0.15, 0.2) is 0 Å². The standard InChI is InChI=1S/C32H36FN5O4/c1-37-16-20(15-34-14-19-4-3-5-19)10-27(31(37)40)30(39)36-29-12-22(11-28(35-29)21-6-7-21)25-9-8-24(42-2)13-26(25)32(41)38-17-23(33)18-38/h8-13,16,19,21,23,34H,3-7,14-15,17-18H2,1-2H3,(H,35,36,39). The second kappa shape index (κ2) is 11.7. The van der Waals surface area contributed by atoms with E-state index >= 15 is 0 Å². The van der Waals surface area contributed by atoms with Gasteiger partial charge in [-0.05, 0) is 91.2 Å². The summed E-state index contributed by atoms with van der Waals surface area (Å²) in [7, 11) is 3.17. The highest BCUT2D eigenvalue weighted by Crippen LogP contribution is 2.41. The highest BCUT2D eigenvalue weighted by atomic mass is 19.1. The molecule has 0 unspecified atom stereocenters. The van der Waals surface area contributed by atoms with Crippen LogP contribution >= 0.6 is 0 Å². The number of carbonyl (C=O) groups excluding carboxylic acids is 2. The van der Waals surface area contributed by atoms with E-state index in [-0.39, 0.29) is 30.5 Å². The molecule has 3 aliphatic rings. The molecule has 0 spiro atoms. The predicted molar refractivity (Wildman–Crippen MR) is 158 cm³/mol. The molecule has 3 fully saturated rings. The van der Waals surface area contributed by atoms with Crippen LogP contribution < -0.4 is 20.9 Å². The Bertz CT molecular complexity index is 1570. The molecule has 10 heteroatoms. The van der Waals surface area contributed by atoms with Crippen LogP contribution in [0.2, 0.25) is 0 Å². The van der Waals surface area contributed by atoms with Gasteiger partial charge in [0, 0.05) is 31.4 Å². The number of benzene rings is 1. The first kappa shape index (κ1) is 28.1. The van der Waals surface area contributed by atoms with Gasteiger partial charge in [0.25, 0.3) is 17.4 Å². The second-order valence-electron chi connectivity index (χ2n) is 11.7. The number of alkyl halides is 1. The first-order chi connectivity index (χ1) is 20.3. The van der Waals surface area contributed by atoms with Crippen LogP contribution in [0, 0.1) is 5.92 Å². The summed E-state index contributed by atoms with van der Waals surface area (Å²) in [5.41, 5.74) is 3.04. The molecule has 2 saturated carbocycles. The Hall–Kier alpha value is -4.05. The Morgan fingerprint density at radius 2 is 1.86 bits per heavy atom. The Labute approximate surface area is 244 Å². The smallest absolute Gasteiger partial charge is 0.263 e. The van der Waals surface area contributed by atoms with Gasteiger partial charge in [-0.15, -0.1) is 0 Å². The number of rotatable bonds is 10. The molecule has 0 atom stereocenters. The molecule has 0 bridgehead atoms. The summed E-state index contributed by atoms with van der Waals surface area (Å²) in [6.45, 7) is 1.61. The van der Waals surface area contributed by atoms with Crippen molar-refractivity contribution in [2.24, 2.45) is 13.0 Å². The van der Waals surface area contributed by atoms with Crippen LogP contribution in [-0.4, -0.2) is 59.2 Å². The topological polar surface area (TPSA) is 106 Å². The number of hydrogen-bond donors (Lipinski definition) is 2. The molecule has 2 N–H and O–H groups in total. The van der Waals surface area contributed by atoms with Crippen molar-refractivity contribution >= 4 is 17.6 Å². The van der Waals surface area contributed by atoms with E-state index in [9.17, 15) is 18.8 Å². The lowest BCUT2D eigenvalue weighted by Gasteiger charge is -2.34. The summed E-state index contributed by atoms with van der Waals surface area (Å²) in [4.78, 5) is 45.9. The molecule has 9 nitrogen and oxygen atoms in total. The van der Waals surface area contributed by atoms with Crippen LogP contribution in [0.15, 0.2) is 47.4 Å². The van der Waals surface area contributed by atoms with Gasteiger partial charge in [-0.2, -0.15) is 0 Å². The summed E-state index contributed by atoms with van der Waals surface area (Å²) in [6.07, 6.45) is 6.47. The van der Waals surface area contributed by atoms with Crippen molar-refractivity contribution in [3.8, 4) is 16.9 Å². The molecule has 2 amide bonds. The number of methoxy groups -OCH3 is 1. The van der Waals surface area contributed by atoms with E-state index < -0.39 is 17.6 Å². The second-order valence-corrected chi connectivity index (χ2v) is 11.7. The van der Waals surface area contributed by atoms with E-state index in [4.69, 9.17) is 9.72 Å². The molecule has 3 aromatic rings. The quantitative estimate of drug-likeness (QED) is 0.375. The van der Waals surface area contributed by atoms with Gasteiger partial charge in [0.05, 0.1) is 25.8 Å². The molecule has 42 heavy (non-hydrogen) atoms. The van der Waals surface area contributed by atoms with Crippen LogP contribution in [0.4, 0.5) is 10.2 Å². The molecule has 1 saturated heterocycles. The summed E-state index contributed by atoms with van der Waals surface area (Å²) in [5, 5.41) is 6.29. The van der Waals surface area contributed by atoms with Gasteiger partial charge in [-0.25, -0.2) is 9.37 Å². The summed E-state index contributed by atoms with van der Waals surface area (Å²) in [6, 6.07) is 10.5. The number of carbonyl (C=O) groups is 2. The number of anilines is 1. The highest BCUT2D eigenvalue weighted by Gasteiger charge is 2.33. The fourth-order valence-corrected chi connectivity index (χ4v) is 5.54. The Kier molecular flexibility index (Phi) is 7.81. The fourth-order valence-electron chi connectivity index (χ4n) is 5.54. The van der Waals surface area contributed by atoms with Gasteiger partial charge in [0.1, 0.15) is 23.3 Å². The van der Waals surface area contributed by atoms with Crippen LogP contribution in [0.5, 0.6) is 5.75 Å². The van der Waals surface area contributed by atoms with Gasteiger partial charge in [-0.1, -0.05) is 6.42 Å². The van der Waals surface area contributed by atoms with Gasteiger partial charge in [-0.3, -0.25) is 14.4 Å². The molecule has 220 valence electrons. The minimum absolute atomic E-state index is 0.0412. The monoisotopic (exact) mass is 573 g/mol. The zero-order chi connectivity index (χ0) is 29.4. The maximum absolute atomic E-state index is 13.6. The molecule has 6 rings (SSSR count). The Balaban J connectivity index is 1.29. The number of halogens is 1. The van der Waals surface area contributed by atoms with E-state index in [0.29, 0.717) is 40.7 Å². The van der Waals surface area contributed by atoms with Crippen molar-refractivity contribution in [2.45, 2.75) is 50.7 Å². The van der Waals surface area contributed by atoms with Gasteiger partial charge in [0.2, 0.25) is 0 Å². The molecule has 1 aromatic carbocycles. The van der Waals surface area contributed by atoms with Crippen molar-refractivity contribution in [2.75, 3.05) is 32.1 Å². The van der Waals surface area contributed by atoms with Crippen LogP contribution in [0.1, 0.15) is 70.0 Å². The first-order valence-corrected chi connectivity index (χ1v) is 14.6. The number of ether oxygens (including phenoxy) is 1. The highest BCUT2D eigenvalue weighted by molar-refractivity contribution is 6.05. The van der Waals surface area contributed by atoms with E-state index in [0.717, 1.165) is 30.6 Å². The lowest BCUT2D eigenvalue weighted by molar-refractivity contribution is 0.0400. The molecule has 2 aliphatic carbocycles. The lowest BCUT2D eigenvalue weighted by atomic mass is 9.85. The third kappa shape index (κ3) is 5.94. The average molecular weight is 574 g/mol. The lowest BCUT2D eigenvalue weighted by Crippen LogP contribution is -2.51. The molecule has 0 radical (unpaired) electrons. The van der Waals surface area contributed by atoms with E-state index in [1.807, 2.05) is 6.07 Å². The Morgan fingerprint density at radius 1 is 1.07 bits per heavy atom. The SMILES string of the molecule is COc1ccc(-c2cc(NC(=O)c3cc(CNCC4CCC4)cn(C)c3=O)nc(C3CC3)c2)c(C(=O)N2CC(F)C2)c1. The number of pyridine rings is 2. The van der Waals surface area contributed by atoms with Crippen molar-refractivity contribution in [1.82, 2.24) is 19.8 Å². The summed E-state index contributed by atoms with van der Waals surface area (Å²) in [5.74, 6) is 0.966. The van der Waals surface area contributed by atoms with Gasteiger partial charge >= 0.3 is 0 Å². The molecular weight excluding hydrogens is 537 g/mol. The first-order valence-electron chi connectivity index (χ1n) is 14.6. The minimum Gasteiger partial charge on any atom is -0.497 e. The number of nitrogens with one attached hydrogen (secondary N) is 2. The van der Waals surface area contributed by atoms with E-state index in [1.54, 1.807) is 43.6 Å². The normalized spacial score (nSPS) is 17.0. The fraction of sp³-hybridized carbons (Fsp3) is 0.438. The van der Waals surface area contributed by atoms with Crippen LogP contribution in [0.3, 0.4) is 0 Å². The number of likely N-dealkylation sites (tertiary alicyclic amines) is 1. The maximum atomic E-state index is 13.6. The molecule has 2 aromatic heterocycles. The number of hydrogen-bond acceptors (Lipinski definition) is 6. The van der Waals surface area contributed by atoms with Crippen LogP contribution in [-0.2, 0) is 13.6 Å². The predicted octanol–water partition coefficient (Wildman–Crippen LogP) is 4.27. The number of aromatic nitrogens is 2. The number of amides is 2. The minimum atomic E-state index is -1.02. The zero-order valence-electron chi connectivity index (χ0n) is 24.0. The molecular formula is C32H36FN5O4. The Morgan fingerprint density at radius 3 is 2.52 bits per heavy atom. The van der Waals surface area contributed by atoms with Crippen molar-refractivity contribution in [1.29, 1.82) is 0 Å². The number of aryl methyl sites for hydroxylation is 1. The van der Waals surface area contributed by atoms with E-state index in [2.05, 4.69) is 10.6 Å². The average Bonchev–Trinajstić information content (AvgIpc) is 3.79.